The van der Waals surface area contributed by atoms with Crippen LogP contribution in [0.5, 0.6) is 0 Å². The molecule has 1 aliphatic carbocycles. The number of methoxy groups -OCH3 is 1. The summed E-state index contributed by atoms with van der Waals surface area (Å²) in [6.45, 7) is 4.57. The molecule has 3 heterocycles. The van der Waals surface area contributed by atoms with Gasteiger partial charge in [0.2, 0.25) is 0 Å². The van der Waals surface area contributed by atoms with Crippen LogP contribution in [-0.4, -0.2) is 47.3 Å². The first kappa shape index (κ1) is 25.4. The molecule has 2 aromatic heterocycles. The van der Waals surface area contributed by atoms with Gasteiger partial charge in [-0.2, -0.15) is 0 Å². The van der Waals surface area contributed by atoms with Gasteiger partial charge in [-0.3, -0.25) is 9.59 Å². The second kappa shape index (κ2) is 10.6. The summed E-state index contributed by atoms with van der Waals surface area (Å²) in [5.74, 6) is -0.910. The maximum Gasteiger partial charge on any atom is 0.311 e. The number of halogens is 1. The van der Waals surface area contributed by atoms with Crippen LogP contribution in [-0.2, 0) is 20.7 Å². The number of carbonyl (C=O) groups is 2. The largest absolute Gasteiger partial charge is 0.469 e. The zero-order valence-electron chi connectivity index (χ0n) is 21.4. The number of nitrogens with one attached hydrogen (secondary N) is 2. The lowest BCUT2D eigenvalue weighted by molar-refractivity contribution is -0.145. The highest BCUT2D eigenvalue weighted by Gasteiger charge is 2.38. The molecule has 1 saturated heterocycles. The van der Waals surface area contributed by atoms with E-state index in [1.165, 1.54) is 13.4 Å². The molecule has 198 valence electrons. The topological polar surface area (TPSA) is 119 Å². The highest BCUT2D eigenvalue weighted by molar-refractivity contribution is 5.95. The Kier molecular flexibility index (Phi) is 7.28. The average Bonchev–Trinajstić information content (AvgIpc) is 3.67. The fraction of sp³-hybridized carbons (Fsp3) is 0.556. The molecule has 0 spiro atoms. The highest BCUT2D eigenvalue weighted by atomic mass is 19.1. The molecule has 1 aliphatic heterocycles. The minimum absolute atomic E-state index is 0.153. The normalized spacial score (nSPS) is 24.8. The van der Waals surface area contributed by atoms with Crippen LogP contribution in [0, 0.1) is 23.6 Å². The van der Waals surface area contributed by atoms with Gasteiger partial charge >= 0.3 is 5.97 Å². The first-order valence-corrected chi connectivity index (χ1v) is 13.0. The Morgan fingerprint density at radius 1 is 1.24 bits per heavy atom. The lowest BCUT2D eigenvalue weighted by Gasteiger charge is -2.32. The van der Waals surface area contributed by atoms with Crippen molar-refractivity contribution in [1.82, 2.24) is 20.4 Å². The monoisotopic (exact) mass is 512 g/mol. The van der Waals surface area contributed by atoms with Crippen LogP contribution < -0.4 is 5.32 Å². The number of amides is 1. The predicted octanol–water partition coefficient (Wildman–Crippen LogP) is 4.45. The molecule has 2 fully saturated rings. The van der Waals surface area contributed by atoms with Crippen LogP contribution in [0.1, 0.15) is 78.9 Å². The summed E-state index contributed by atoms with van der Waals surface area (Å²) in [7, 11) is 1.32. The first-order valence-electron chi connectivity index (χ1n) is 13.0. The molecule has 3 aromatic rings. The van der Waals surface area contributed by atoms with Gasteiger partial charge in [-0.25, -0.2) is 9.37 Å². The predicted molar refractivity (Wildman–Crippen MR) is 132 cm³/mol. The fourth-order valence-corrected chi connectivity index (χ4v) is 5.70. The molecule has 1 saturated carbocycles. The second-order valence-electron chi connectivity index (χ2n) is 10.3. The van der Waals surface area contributed by atoms with Crippen molar-refractivity contribution < 1.29 is 28.0 Å². The van der Waals surface area contributed by atoms with Crippen LogP contribution in [0.3, 0.4) is 0 Å². The van der Waals surface area contributed by atoms with E-state index in [-0.39, 0.29) is 30.6 Å². The molecular formula is C27H33FN4O5. The molecule has 1 aromatic carbocycles. The lowest BCUT2D eigenvalue weighted by atomic mass is 9.79. The second-order valence-corrected chi connectivity index (χ2v) is 10.3. The molecule has 3 unspecified atom stereocenters. The number of imidazole rings is 1. The van der Waals surface area contributed by atoms with E-state index in [2.05, 4.69) is 27.4 Å². The number of fused-ring (bicyclic) bond motifs is 1. The molecule has 1 amide bonds. The molecule has 2 N–H and O–H groups in total. The third-order valence-corrected chi connectivity index (χ3v) is 7.96. The van der Waals surface area contributed by atoms with E-state index < -0.39 is 29.7 Å². The number of carbonyl (C=O) groups excluding carboxylic acids is 2. The number of hydrogen-bond acceptors (Lipinski definition) is 7. The molecule has 37 heavy (non-hydrogen) atoms. The van der Waals surface area contributed by atoms with E-state index in [9.17, 15) is 9.59 Å². The zero-order chi connectivity index (χ0) is 26.1. The number of aryl methyl sites for hydroxylation is 1. The van der Waals surface area contributed by atoms with Crippen LogP contribution in [0.4, 0.5) is 4.39 Å². The van der Waals surface area contributed by atoms with Gasteiger partial charge in [-0.1, -0.05) is 37.9 Å². The van der Waals surface area contributed by atoms with Crippen molar-refractivity contribution in [2.75, 3.05) is 20.3 Å². The summed E-state index contributed by atoms with van der Waals surface area (Å²) in [5, 5.41) is 7.06. The maximum atomic E-state index is 15.8. The van der Waals surface area contributed by atoms with Crippen LogP contribution >= 0.6 is 0 Å². The average molecular weight is 513 g/mol. The van der Waals surface area contributed by atoms with Crippen molar-refractivity contribution in [3.05, 3.63) is 46.9 Å². The third-order valence-electron chi connectivity index (χ3n) is 7.96. The Morgan fingerprint density at radius 2 is 2.03 bits per heavy atom. The fourth-order valence-electron chi connectivity index (χ4n) is 5.70. The Labute approximate surface area is 214 Å². The van der Waals surface area contributed by atoms with Gasteiger partial charge in [0.05, 0.1) is 43.5 Å². The molecule has 5 rings (SSSR count). The quantitative estimate of drug-likeness (QED) is 0.449. The Bertz CT molecular complexity index is 1280. The number of rotatable bonds is 7. The number of ether oxygens (including phenoxy) is 2. The summed E-state index contributed by atoms with van der Waals surface area (Å²) < 4.78 is 31.2. The molecule has 10 heteroatoms. The van der Waals surface area contributed by atoms with E-state index in [4.69, 9.17) is 14.0 Å². The lowest BCUT2D eigenvalue weighted by Crippen LogP contribution is -2.36. The summed E-state index contributed by atoms with van der Waals surface area (Å²) in [6.07, 6.45) is 5.91. The van der Waals surface area contributed by atoms with Gasteiger partial charge in [0.1, 0.15) is 23.2 Å². The minimum atomic E-state index is -0.567. The van der Waals surface area contributed by atoms with Crippen molar-refractivity contribution >= 4 is 22.9 Å². The van der Waals surface area contributed by atoms with Gasteiger partial charge in [0.25, 0.3) is 5.91 Å². The summed E-state index contributed by atoms with van der Waals surface area (Å²) in [6, 6.07) is 3.02. The first-order chi connectivity index (χ1) is 17.9. The number of aromatic amines is 1. The van der Waals surface area contributed by atoms with Gasteiger partial charge in [0, 0.05) is 5.92 Å². The molecule has 9 nitrogen and oxygen atoms in total. The minimum Gasteiger partial charge on any atom is -0.469 e. The van der Waals surface area contributed by atoms with E-state index in [1.807, 2.05) is 6.92 Å². The van der Waals surface area contributed by atoms with Gasteiger partial charge in [-0.15, -0.1) is 0 Å². The highest BCUT2D eigenvalue weighted by Crippen LogP contribution is 2.39. The molecule has 0 radical (unpaired) electrons. The third kappa shape index (κ3) is 4.86. The standard InChI is InChI=1S/C27H33FN4O5/c1-4-20-19(13-37-32-20)26(33)31-23(15-7-5-14(2)6-8-15)25-29-21-10-9-16(22(28)24(21)30-25)17-11-36-12-18(17)27(34)35-3/h9-10,13-15,17-18,23H,4-8,11-12H2,1-3H3,(H,29,30)(H,31,33). The van der Waals surface area contributed by atoms with E-state index in [0.29, 0.717) is 40.5 Å². The van der Waals surface area contributed by atoms with Gasteiger partial charge < -0.3 is 24.3 Å². The molecule has 0 bridgehead atoms. The molecular weight excluding hydrogens is 479 g/mol. The summed E-state index contributed by atoms with van der Waals surface area (Å²) in [5.41, 5.74) is 2.09. The molecule has 2 aliphatic rings. The Hall–Kier alpha value is -3.27. The van der Waals surface area contributed by atoms with Gasteiger partial charge in [-0.05, 0) is 42.7 Å². The summed E-state index contributed by atoms with van der Waals surface area (Å²) in [4.78, 5) is 33.4. The summed E-state index contributed by atoms with van der Waals surface area (Å²) >= 11 is 0. The van der Waals surface area contributed by atoms with E-state index in [0.717, 1.165) is 25.7 Å². The van der Waals surface area contributed by atoms with Crippen LogP contribution in [0.15, 0.2) is 22.9 Å². The molecule has 3 atom stereocenters. The number of hydrogen-bond donors (Lipinski definition) is 2. The van der Waals surface area contributed by atoms with Crippen molar-refractivity contribution in [3.63, 3.8) is 0 Å². The number of nitrogens with zero attached hydrogens (tertiary/aromatic N) is 2. The smallest absolute Gasteiger partial charge is 0.311 e. The van der Waals surface area contributed by atoms with Crippen molar-refractivity contribution in [2.45, 2.75) is 57.9 Å². The number of aromatic nitrogens is 3. The van der Waals surface area contributed by atoms with E-state index >= 15 is 4.39 Å². The SMILES string of the molecule is CCc1nocc1C(=O)NC(c1nc2c(F)c(C3COCC3C(=O)OC)ccc2[nH]1)C1CCC(C)CC1. The maximum absolute atomic E-state index is 15.8. The van der Waals surface area contributed by atoms with Crippen LogP contribution in [0.2, 0.25) is 0 Å². The zero-order valence-corrected chi connectivity index (χ0v) is 21.4. The van der Waals surface area contributed by atoms with Crippen molar-refractivity contribution in [2.24, 2.45) is 17.8 Å². The van der Waals surface area contributed by atoms with Gasteiger partial charge in [0.15, 0.2) is 5.82 Å². The number of benzene rings is 1. The van der Waals surface area contributed by atoms with Crippen LogP contribution in [0.25, 0.3) is 11.0 Å². The van der Waals surface area contributed by atoms with Crippen molar-refractivity contribution in [1.29, 1.82) is 0 Å². The number of esters is 1. The Morgan fingerprint density at radius 3 is 2.76 bits per heavy atom. The number of H-pyrrole nitrogens is 1. The van der Waals surface area contributed by atoms with Crippen molar-refractivity contribution in [3.8, 4) is 0 Å². The Balaban J connectivity index is 1.49. The van der Waals surface area contributed by atoms with E-state index in [1.54, 1.807) is 12.1 Å².